The summed E-state index contributed by atoms with van der Waals surface area (Å²) in [6.07, 6.45) is 11.0. The molecule has 1 N–H and O–H groups in total. The summed E-state index contributed by atoms with van der Waals surface area (Å²) in [5, 5.41) is 3.19. The van der Waals surface area contributed by atoms with Crippen molar-refractivity contribution in [2.45, 2.75) is 70.3 Å². The Bertz CT molecular complexity index is 619. The van der Waals surface area contributed by atoms with E-state index in [0.717, 1.165) is 32.5 Å². The predicted molar refractivity (Wildman–Crippen MR) is 113 cm³/mol. The van der Waals surface area contributed by atoms with Gasteiger partial charge < -0.3 is 5.32 Å². The smallest absolute Gasteiger partial charge is 0.226 e. The van der Waals surface area contributed by atoms with Crippen molar-refractivity contribution >= 4 is 18.3 Å². The monoisotopic (exact) mass is 390 g/mol. The number of hydrogen-bond donors (Lipinski definition) is 1. The van der Waals surface area contributed by atoms with Gasteiger partial charge in [0, 0.05) is 25.2 Å². The molecule has 4 heteroatoms. The molecule has 2 heterocycles. The van der Waals surface area contributed by atoms with E-state index < -0.39 is 0 Å². The van der Waals surface area contributed by atoms with E-state index in [9.17, 15) is 4.79 Å². The van der Waals surface area contributed by atoms with Gasteiger partial charge in [0.25, 0.3) is 0 Å². The molecule has 0 bridgehead atoms. The summed E-state index contributed by atoms with van der Waals surface area (Å²) in [6, 6.07) is 11.2. The van der Waals surface area contributed by atoms with Crippen molar-refractivity contribution in [1.29, 1.82) is 0 Å². The molecule has 2 saturated heterocycles. The van der Waals surface area contributed by atoms with Crippen molar-refractivity contribution in [2.75, 3.05) is 19.6 Å². The lowest BCUT2D eigenvalue weighted by atomic mass is 9.67. The zero-order valence-electron chi connectivity index (χ0n) is 16.7. The molecular weight excluding hydrogens is 356 g/mol. The van der Waals surface area contributed by atoms with E-state index in [2.05, 4.69) is 47.5 Å². The van der Waals surface area contributed by atoms with E-state index >= 15 is 0 Å². The lowest BCUT2D eigenvalue weighted by molar-refractivity contribution is -0.134. The van der Waals surface area contributed by atoms with Crippen molar-refractivity contribution in [2.24, 2.45) is 11.3 Å². The molecular formula is C23H35ClN2O. The van der Waals surface area contributed by atoms with Gasteiger partial charge in [-0.1, -0.05) is 62.9 Å². The summed E-state index contributed by atoms with van der Waals surface area (Å²) >= 11 is 0. The van der Waals surface area contributed by atoms with Gasteiger partial charge in [0.15, 0.2) is 0 Å². The fourth-order valence-electron chi connectivity index (χ4n) is 6.14. The molecule has 4 rings (SSSR count). The van der Waals surface area contributed by atoms with Crippen LogP contribution in [0.5, 0.6) is 0 Å². The van der Waals surface area contributed by atoms with Crippen molar-refractivity contribution in [3.8, 4) is 0 Å². The Morgan fingerprint density at radius 3 is 2.33 bits per heavy atom. The summed E-state index contributed by atoms with van der Waals surface area (Å²) in [5.74, 6) is 0.884. The van der Waals surface area contributed by atoms with Crippen LogP contribution in [0.4, 0.5) is 0 Å². The standard InChI is InChI=1S/C23H34N2O.ClH/c1-2-9-20-18-24-21(26)22(20)14-16-25(17-15-22)23(12-7-4-8-13-23)19-10-5-3-6-11-19;/h3,5-6,10-11,20H,2,4,7-9,12-18H2,1H3,(H,24,26);1H. The molecule has 3 nitrogen and oxygen atoms in total. The first kappa shape index (κ1) is 20.7. The van der Waals surface area contributed by atoms with Crippen LogP contribution in [-0.4, -0.2) is 30.4 Å². The molecule has 2 aliphatic heterocycles. The number of likely N-dealkylation sites (tertiary alicyclic amines) is 1. The van der Waals surface area contributed by atoms with Gasteiger partial charge in [-0.25, -0.2) is 0 Å². The third-order valence-corrected chi connectivity index (χ3v) is 7.63. The summed E-state index contributed by atoms with van der Waals surface area (Å²) in [7, 11) is 0. The molecule has 1 amide bonds. The second-order valence-corrected chi connectivity index (χ2v) is 8.80. The largest absolute Gasteiger partial charge is 0.355 e. The Hall–Kier alpha value is -1.06. The fraction of sp³-hybridized carbons (Fsp3) is 0.696. The minimum absolute atomic E-state index is 0. The highest BCUT2D eigenvalue weighted by molar-refractivity contribution is 5.85. The topological polar surface area (TPSA) is 32.3 Å². The van der Waals surface area contributed by atoms with Crippen molar-refractivity contribution in [1.82, 2.24) is 10.2 Å². The molecule has 27 heavy (non-hydrogen) atoms. The molecule has 0 radical (unpaired) electrons. The lowest BCUT2D eigenvalue weighted by Gasteiger charge is -2.52. The van der Waals surface area contributed by atoms with Gasteiger partial charge >= 0.3 is 0 Å². The van der Waals surface area contributed by atoms with Crippen molar-refractivity contribution < 1.29 is 4.79 Å². The van der Waals surface area contributed by atoms with Gasteiger partial charge in [-0.3, -0.25) is 9.69 Å². The Morgan fingerprint density at radius 2 is 1.70 bits per heavy atom. The maximum Gasteiger partial charge on any atom is 0.226 e. The Labute approximate surface area is 170 Å². The van der Waals surface area contributed by atoms with E-state index in [1.165, 1.54) is 50.5 Å². The highest BCUT2D eigenvalue weighted by Gasteiger charge is 2.53. The number of rotatable bonds is 4. The molecule has 3 aliphatic rings. The zero-order chi connectivity index (χ0) is 18.0. The molecule has 150 valence electrons. The Balaban J connectivity index is 0.00000210. The third-order valence-electron chi connectivity index (χ3n) is 7.63. The van der Waals surface area contributed by atoms with Gasteiger partial charge in [-0.05, 0) is 43.6 Å². The highest BCUT2D eigenvalue weighted by atomic mass is 35.5. The fourth-order valence-corrected chi connectivity index (χ4v) is 6.14. The molecule has 1 spiro atoms. The van der Waals surface area contributed by atoms with Crippen LogP contribution in [0, 0.1) is 11.3 Å². The average Bonchev–Trinajstić information content (AvgIpc) is 2.99. The highest BCUT2D eigenvalue weighted by Crippen LogP contribution is 2.49. The normalized spacial score (nSPS) is 27.1. The predicted octanol–water partition coefficient (Wildman–Crippen LogP) is 4.90. The molecule has 3 fully saturated rings. The van der Waals surface area contributed by atoms with E-state index in [-0.39, 0.29) is 23.4 Å². The van der Waals surface area contributed by atoms with E-state index in [4.69, 9.17) is 0 Å². The molecule has 1 unspecified atom stereocenters. The lowest BCUT2D eigenvalue weighted by Crippen LogP contribution is -2.55. The number of carbonyl (C=O) groups excluding carboxylic acids is 1. The second kappa shape index (κ2) is 8.53. The number of nitrogens with zero attached hydrogens (tertiary/aromatic N) is 1. The van der Waals surface area contributed by atoms with Crippen LogP contribution in [-0.2, 0) is 10.3 Å². The SMILES string of the molecule is CCCC1CNC(=O)C12CCN(C1(c3ccccc3)CCCCC1)CC2.Cl. The number of nitrogens with one attached hydrogen (secondary N) is 1. The van der Waals surface area contributed by atoms with Crippen LogP contribution in [0.1, 0.15) is 70.3 Å². The maximum absolute atomic E-state index is 12.7. The molecule has 0 aromatic heterocycles. The Kier molecular flexibility index (Phi) is 6.53. The van der Waals surface area contributed by atoms with Gasteiger partial charge in [-0.15, -0.1) is 12.4 Å². The van der Waals surface area contributed by atoms with Crippen LogP contribution in [0.15, 0.2) is 30.3 Å². The van der Waals surface area contributed by atoms with Crippen LogP contribution < -0.4 is 5.32 Å². The summed E-state index contributed by atoms with van der Waals surface area (Å²) < 4.78 is 0. The molecule has 1 aliphatic carbocycles. The molecule has 1 atom stereocenters. The second-order valence-electron chi connectivity index (χ2n) is 8.80. The number of benzene rings is 1. The number of hydrogen-bond acceptors (Lipinski definition) is 2. The zero-order valence-corrected chi connectivity index (χ0v) is 17.5. The first-order valence-corrected chi connectivity index (χ1v) is 10.8. The number of carbonyl (C=O) groups is 1. The van der Waals surface area contributed by atoms with Crippen LogP contribution >= 0.6 is 12.4 Å². The third kappa shape index (κ3) is 3.53. The summed E-state index contributed by atoms with van der Waals surface area (Å²) in [4.78, 5) is 15.5. The van der Waals surface area contributed by atoms with E-state index in [1.54, 1.807) is 0 Å². The van der Waals surface area contributed by atoms with Gasteiger partial charge in [0.2, 0.25) is 5.91 Å². The van der Waals surface area contributed by atoms with Crippen molar-refractivity contribution in [3.63, 3.8) is 0 Å². The van der Waals surface area contributed by atoms with Gasteiger partial charge in [0.05, 0.1) is 5.41 Å². The van der Waals surface area contributed by atoms with E-state index in [1.807, 2.05) is 0 Å². The number of halogens is 1. The summed E-state index contributed by atoms with van der Waals surface area (Å²) in [6.45, 7) is 5.29. The van der Waals surface area contributed by atoms with Gasteiger partial charge in [0.1, 0.15) is 0 Å². The number of piperidine rings is 1. The quantitative estimate of drug-likeness (QED) is 0.793. The van der Waals surface area contributed by atoms with E-state index in [0.29, 0.717) is 11.8 Å². The summed E-state index contributed by atoms with van der Waals surface area (Å²) in [5.41, 5.74) is 1.62. The minimum Gasteiger partial charge on any atom is -0.355 e. The number of amides is 1. The molecule has 1 saturated carbocycles. The van der Waals surface area contributed by atoms with Crippen molar-refractivity contribution in [3.05, 3.63) is 35.9 Å². The van der Waals surface area contributed by atoms with Crippen LogP contribution in [0.2, 0.25) is 0 Å². The molecule has 1 aromatic carbocycles. The average molecular weight is 391 g/mol. The van der Waals surface area contributed by atoms with Crippen LogP contribution in [0.3, 0.4) is 0 Å². The van der Waals surface area contributed by atoms with Gasteiger partial charge in [-0.2, -0.15) is 0 Å². The maximum atomic E-state index is 12.7. The first-order chi connectivity index (χ1) is 12.7. The first-order valence-electron chi connectivity index (χ1n) is 10.8. The van der Waals surface area contributed by atoms with Crippen LogP contribution in [0.25, 0.3) is 0 Å². The molecule has 1 aromatic rings. The minimum atomic E-state index is -0.0843. The Morgan fingerprint density at radius 1 is 1.04 bits per heavy atom.